The summed E-state index contributed by atoms with van der Waals surface area (Å²) in [5.41, 5.74) is 3.76. The van der Waals surface area contributed by atoms with Gasteiger partial charge >= 0.3 is 0 Å². The number of ether oxygens (including phenoxy) is 1. The van der Waals surface area contributed by atoms with Crippen LogP contribution in [-0.4, -0.2) is 29.4 Å². The van der Waals surface area contributed by atoms with Gasteiger partial charge < -0.3 is 9.64 Å². The van der Waals surface area contributed by atoms with Gasteiger partial charge in [-0.3, -0.25) is 4.79 Å². The summed E-state index contributed by atoms with van der Waals surface area (Å²) in [5, 5.41) is 0. The zero-order valence-electron chi connectivity index (χ0n) is 13.7. The molecule has 2 heterocycles. The molecule has 1 saturated heterocycles. The summed E-state index contributed by atoms with van der Waals surface area (Å²) < 4.78 is 5.11. The lowest BCUT2D eigenvalue weighted by atomic mass is 9.99. The first-order valence-electron chi connectivity index (χ1n) is 8.02. The molecule has 1 fully saturated rings. The van der Waals surface area contributed by atoms with E-state index in [2.05, 4.69) is 24.0 Å². The molecule has 1 atom stereocenters. The van der Waals surface area contributed by atoms with Crippen LogP contribution in [0.5, 0.6) is 0 Å². The molecule has 1 aromatic carbocycles. The number of aromatic nitrogens is 1. The van der Waals surface area contributed by atoms with Crippen molar-refractivity contribution in [2.75, 3.05) is 13.7 Å². The third kappa shape index (κ3) is 3.27. The minimum atomic E-state index is 0.00806. The molecule has 23 heavy (non-hydrogen) atoms. The highest BCUT2D eigenvalue weighted by Crippen LogP contribution is 2.34. The van der Waals surface area contributed by atoms with Crippen molar-refractivity contribution in [1.29, 1.82) is 0 Å². The van der Waals surface area contributed by atoms with Crippen LogP contribution in [0.1, 0.15) is 46.2 Å². The van der Waals surface area contributed by atoms with Crippen molar-refractivity contribution in [2.24, 2.45) is 0 Å². The Bertz CT molecular complexity index is 699. The SMILES string of the molecule is COCc1cccc(C(=O)N2CCCC2c2ccccc2C)n1. The van der Waals surface area contributed by atoms with Gasteiger partial charge in [0.25, 0.3) is 5.91 Å². The van der Waals surface area contributed by atoms with Crippen molar-refractivity contribution in [3.05, 3.63) is 65.0 Å². The second kappa shape index (κ2) is 6.92. The Morgan fingerprint density at radius 1 is 1.26 bits per heavy atom. The van der Waals surface area contributed by atoms with E-state index in [1.54, 1.807) is 13.2 Å². The molecule has 0 spiro atoms. The number of pyridine rings is 1. The minimum Gasteiger partial charge on any atom is -0.378 e. The van der Waals surface area contributed by atoms with Gasteiger partial charge in [0.15, 0.2) is 0 Å². The maximum Gasteiger partial charge on any atom is 0.272 e. The molecule has 120 valence electrons. The smallest absolute Gasteiger partial charge is 0.272 e. The Hall–Kier alpha value is -2.20. The number of hydrogen-bond acceptors (Lipinski definition) is 3. The lowest BCUT2D eigenvalue weighted by molar-refractivity contribution is 0.0728. The molecule has 1 unspecified atom stereocenters. The standard InChI is InChI=1S/C19H22N2O2/c1-14-7-3-4-9-16(14)18-11-6-12-21(18)19(22)17-10-5-8-15(20-17)13-23-2/h3-5,7-10,18H,6,11-13H2,1-2H3. The first-order chi connectivity index (χ1) is 11.2. The average molecular weight is 310 g/mol. The fraction of sp³-hybridized carbons (Fsp3) is 0.368. The fourth-order valence-corrected chi connectivity index (χ4v) is 3.27. The highest BCUT2D eigenvalue weighted by atomic mass is 16.5. The average Bonchev–Trinajstić information content (AvgIpc) is 3.04. The van der Waals surface area contributed by atoms with Gasteiger partial charge in [-0.05, 0) is 43.0 Å². The minimum absolute atomic E-state index is 0.00806. The quantitative estimate of drug-likeness (QED) is 0.868. The maximum atomic E-state index is 12.9. The molecule has 0 aliphatic carbocycles. The van der Waals surface area contributed by atoms with Gasteiger partial charge in [0, 0.05) is 13.7 Å². The zero-order valence-corrected chi connectivity index (χ0v) is 13.7. The Kier molecular flexibility index (Phi) is 4.72. The van der Waals surface area contributed by atoms with Gasteiger partial charge in [-0.2, -0.15) is 0 Å². The summed E-state index contributed by atoms with van der Waals surface area (Å²) in [6.07, 6.45) is 2.04. The molecule has 0 N–H and O–H groups in total. The summed E-state index contributed by atoms with van der Waals surface area (Å²) in [5.74, 6) is 0.00806. The molecule has 2 aromatic rings. The Labute approximate surface area is 137 Å². The van der Waals surface area contributed by atoms with Crippen LogP contribution >= 0.6 is 0 Å². The number of nitrogens with zero attached hydrogens (tertiary/aromatic N) is 2. The third-order valence-corrected chi connectivity index (χ3v) is 4.38. The molecule has 4 nitrogen and oxygen atoms in total. The highest BCUT2D eigenvalue weighted by molar-refractivity contribution is 5.92. The van der Waals surface area contributed by atoms with Gasteiger partial charge in [0.2, 0.25) is 0 Å². The van der Waals surface area contributed by atoms with E-state index in [0.717, 1.165) is 25.1 Å². The second-order valence-electron chi connectivity index (χ2n) is 5.96. The van der Waals surface area contributed by atoms with Crippen molar-refractivity contribution >= 4 is 5.91 Å². The van der Waals surface area contributed by atoms with Gasteiger partial charge in [-0.15, -0.1) is 0 Å². The van der Waals surface area contributed by atoms with Crippen LogP contribution in [0, 0.1) is 6.92 Å². The predicted molar refractivity (Wildman–Crippen MR) is 89.1 cm³/mol. The van der Waals surface area contributed by atoms with Crippen LogP contribution in [0.2, 0.25) is 0 Å². The fourth-order valence-electron chi connectivity index (χ4n) is 3.27. The lowest BCUT2D eigenvalue weighted by Crippen LogP contribution is -2.31. The van der Waals surface area contributed by atoms with Gasteiger partial charge in [0.1, 0.15) is 5.69 Å². The van der Waals surface area contributed by atoms with E-state index < -0.39 is 0 Å². The monoisotopic (exact) mass is 310 g/mol. The molecule has 1 aliphatic heterocycles. The molecule has 1 aromatic heterocycles. The zero-order chi connectivity index (χ0) is 16.2. The van der Waals surface area contributed by atoms with Crippen LogP contribution in [0.3, 0.4) is 0 Å². The van der Waals surface area contributed by atoms with Gasteiger partial charge in [0.05, 0.1) is 18.3 Å². The topological polar surface area (TPSA) is 42.4 Å². The third-order valence-electron chi connectivity index (χ3n) is 4.38. The lowest BCUT2D eigenvalue weighted by Gasteiger charge is -2.26. The van der Waals surface area contributed by atoms with E-state index in [0.29, 0.717) is 12.3 Å². The van der Waals surface area contributed by atoms with Crippen molar-refractivity contribution < 1.29 is 9.53 Å². The first kappa shape index (κ1) is 15.7. The van der Waals surface area contributed by atoms with Crippen LogP contribution in [0.4, 0.5) is 0 Å². The normalized spacial score (nSPS) is 17.5. The summed E-state index contributed by atoms with van der Waals surface area (Å²) in [6.45, 7) is 3.31. The van der Waals surface area contributed by atoms with Crippen LogP contribution < -0.4 is 0 Å². The van der Waals surface area contributed by atoms with Crippen molar-refractivity contribution in [3.8, 4) is 0 Å². The van der Waals surface area contributed by atoms with Crippen molar-refractivity contribution in [1.82, 2.24) is 9.88 Å². The highest BCUT2D eigenvalue weighted by Gasteiger charge is 2.31. The Morgan fingerprint density at radius 3 is 2.87 bits per heavy atom. The van der Waals surface area contributed by atoms with Crippen molar-refractivity contribution in [2.45, 2.75) is 32.4 Å². The number of carbonyl (C=O) groups excluding carboxylic acids is 1. The Balaban J connectivity index is 1.86. The number of methoxy groups -OCH3 is 1. The molecular formula is C19H22N2O2. The molecule has 0 saturated carbocycles. The van der Waals surface area contributed by atoms with E-state index in [1.165, 1.54) is 11.1 Å². The second-order valence-corrected chi connectivity index (χ2v) is 5.96. The van der Waals surface area contributed by atoms with Crippen molar-refractivity contribution in [3.63, 3.8) is 0 Å². The summed E-state index contributed by atoms with van der Waals surface area (Å²) in [6, 6.07) is 14.0. The molecule has 0 bridgehead atoms. The summed E-state index contributed by atoms with van der Waals surface area (Å²) in [4.78, 5) is 19.3. The number of benzene rings is 1. The number of aryl methyl sites for hydroxylation is 1. The molecule has 3 rings (SSSR count). The number of likely N-dealkylation sites (tertiary alicyclic amines) is 1. The number of amides is 1. The Morgan fingerprint density at radius 2 is 2.09 bits per heavy atom. The number of rotatable bonds is 4. The first-order valence-corrected chi connectivity index (χ1v) is 8.02. The summed E-state index contributed by atoms with van der Waals surface area (Å²) in [7, 11) is 1.63. The van der Waals surface area contributed by atoms with E-state index in [9.17, 15) is 4.79 Å². The van der Waals surface area contributed by atoms with E-state index >= 15 is 0 Å². The van der Waals surface area contributed by atoms with Crippen LogP contribution in [0.15, 0.2) is 42.5 Å². The van der Waals surface area contributed by atoms with E-state index in [4.69, 9.17) is 4.74 Å². The largest absolute Gasteiger partial charge is 0.378 e. The van der Waals surface area contributed by atoms with Crippen LogP contribution in [0.25, 0.3) is 0 Å². The maximum absolute atomic E-state index is 12.9. The summed E-state index contributed by atoms with van der Waals surface area (Å²) >= 11 is 0. The van der Waals surface area contributed by atoms with Crippen LogP contribution in [-0.2, 0) is 11.3 Å². The number of carbonyl (C=O) groups is 1. The van der Waals surface area contributed by atoms with E-state index in [1.807, 2.05) is 29.2 Å². The molecule has 1 aliphatic rings. The predicted octanol–water partition coefficient (Wildman–Crippen LogP) is 3.51. The molecule has 0 radical (unpaired) electrons. The molecular weight excluding hydrogens is 288 g/mol. The molecule has 1 amide bonds. The number of hydrogen-bond donors (Lipinski definition) is 0. The molecule has 4 heteroatoms. The van der Waals surface area contributed by atoms with E-state index in [-0.39, 0.29) is 11.9 Å². The van der Waals surface area contributed by atoms with Gasteiger partial charge in [-0.25, -0.2) is 4.98 Å². The van der Waals surface area contributed by atoms with Gasteiger partial charge in [-0.1, -0.05) is 30.3 Å².